The second-order valence-corrected chi connectivity index (χ2v) is 6.42. The van der Waals surface area contributed by atoms with Gasteiger partial charge in [0.1, 0.15) is 5.75 Å². The fourth-order valence-electron chi connectivity index (χ4n) is 3.00. The van der Waals surface area contributed by atoms with Crippen LogP contribution in [0.4, 0.5) is 0 Å². The number of benzene rings is 1. The fraction of sp³-hybridized carbons (Fsp3) is 0.625. The quantitative estimate of drug-likeness (QED) is 0.877. The van der Waals surface area contributed by atoms with Gasteiger partial charge in [0.05, 0.1) is 12.7 Å². The van der Waals surface area contributed by atoms with Crippen molar-refractivity contribution in [2.75, 3.05) is 13.7 Å². The van der Waals surface area contributed by atoms with Gasteiger partial charge in [-0.3, -0.25) is 0 Å². The van der Waals surface area contributed by atoms with Gasteiger partial charge in [-0.25, -0.2) is 0 Å². The number of hydrogen-bond acceptors (Lipinski definition) is 3. The molecular formula is C16H24ClNO2. The van der Waals surface area contributed by atoms with Crippen LogP contribution in [0.3, 0.4) is 0 Å². The zero-order chi connectivity index (χ0) is 14.6. The highest BCUT2D eigenvalue weighted by molar-refractivity contribution is 6.30. The smallest absolute Gasteiger partial charge is 0.122 e. The maximum atomic E-state index is 10.7. The first-order chi connectivity index (χ1) is 9.50. The molecule has 0 aliphatic carbocycles. The first kappa shape index (κ1) is 15.6. The van der Waals surface area contributed by atoms with Crippen molar-refractivity contribution >= 4 is 11.6 Å². The molecule has 20 heavy (non-hydrogen) atoms. The van der Waals surface area contributed by atoms with Crippen molar-refractivity contribution < 1.29 is 9.84 Å². The molecule has 0 spiro atoms. The summed E-state index contributed by atoms with van der Waals surface area (Å²) in [4.78, 5) is 0. The molecule has 3 nitrogen and oxygen atoms in total. The van der Waals surface area contributed by atoms with Gasteiger partial charge in [-0.05, 0) is 56.5 Å². The highest BCUT2D eigenvalue weighted by Gasteiger charge is 2.27. The first-order valence-electron chi connectivity index (χ1n) is 7.28. The van der Waals surface area contributed by atoms with E-state index in [0.29, 0.717) is 17.5 Å². The third-order valence-corrected chi connectivity index (χ3v) is 4.15. The summed E-state index contributed by atoms with van der Waals surface area (Å²) in [5, 5.41) is 14.8. The number of nitrogens with one attached hydrogen (secondary N) is 1. The van der Waals surface area contributed by atoms with E-state index < -0.39 is 5.60 Å². The summed E-state index contributed by atoms with van der Waals surface area (Å²) in [5.74, 6) is 0.784. The summed E-state index contributed by atoms with van der Waals surface area (Å²) in [7, 11) is 1.64. The van der Waals surface area contributed by atoms with Crippen LogP contribution < -0.4 is 10.1 Å². The zero-order valence-electron chi connectivity index (χ0n) is 12.3. The molecule has 0 radical (unpaired) electrons. The minimum Gasteiger partial charge on any atom is -0.496 e. The van der Waals surface area contributed by atoms with Gasteiger partial charge in [0.25, 0.3) is 0 Å². The van der Waals surface area contributed by atoms with Gasteiger partial charge >= 0.3 is 0 Å². The third kappa shape index (κ3) is 4.37. The molecule has 1 heterocycles. The highest BCUT2D eigenvalue weighted by atomic mass is 35.5. The number of piperidine rings is 1. The summed E-state index contributed by atoms with van der Waals surface area (Å²) in [6, 6.07) is 5.95. The lowest BCUT2D eigenvalue weighted by Crippen LogP contribution is -2.41. The Morgan fingerprint density at radius 2 is 2.25 bits per heavy atom. The molecule has 0 amide bonds. The number of methoxy groups -OCH3 is 1. The van der Waals surface area contributed by atoms with Gasteiger partial charge in [0.2, 0.25) is 0 Å². The number of aliphatic hydroxyl groups is 1. The SMILES string of the molecule is COc1ccc(Cl)cc1CC(C)(O)CC1CCCCN1. The third-order valence-electron chi connectivity index (χ3n) is 3.91. The predicted octanol–water partition coefficient (Wildman–Crippen LogP) is 3.17. The van der Waals surface area contributed by atoms with Crippen LogP contribution in [0.15, 0.2) is 18.2 Å². The molecule has 4 heteroatoms. The van der Waals surface area contributed by atoms with Crippen LogP contribution in [-0.2, 0) is 6.42 Å². The van der Waals surface area contributed by atoms with Crippen molar-refractivity contribution in [3.05, 3.63) is 28.8 Å². The average molecular weight is 298 g/mol. The zero-order valence-corrected chi connectivity index (χ0v) is 13.0. The molecule has 0 aromatic heterocycles. The molecule has 1 aromatic carbocycles. The van der Waals surface area contributed by atoms with Crippen LogP contribution in [-0.4, -0.2) is 30.4 Å². The standard InChI is InChI=1S/C16H24ClNO2/c1-16(19,11-14-5-3-4-8-18-14)10-12-9-13(17)6-7-15(12)20-2/h6-7,9,14,18-19H,3-5,8,10-11H2,1-2H3. The van der Waals surface area contributed by atoms with Gasteiger partial charge in [0.15, 0.2) is 0 Å². The van der Waals surface area contributed by atoms with E-state index >= 15 is 0 Å². The predicted molar refractivity (Wildman–Crippen MR) is 82.6 cm³/mol. The van der Waals surface area contributed by atoms with Gasteiger partial charge in [-0.1, -0.05) is 18.0 Å². The summed E-state index contributed by atoms with van der Waals surface area (Å²) < 4.78 is 5.35. The average Bonchev–Trinajstić information content (AvgIpc) is 2.39. The lowest BCUT2D eigenvalue weighted by molar-refractivity contribution is 0.0366. The van der Waals surface area contributed by atoms with E-state index in [4.69, 9.17) is 16.3 Å². The topological polar surface area (TPSA) is 41.5 Å². The largest absolute Gasteiger partial charge is 0.496 e. The van der Waals surface area contributed by atoms with Crippen molar-refractivity contribution in [2.45, 2.75) is 50.7 Å². The second kappa shape index (κ2) is 6.79. The van der Waals surface area contributed by atoms with E-state index in [2.05, 4.69) is 5.32 Å². The highest BCUT2D eigenvalue weighted by Crippen LogP contribution is 2.29. The monoisotopic (exact) mass is 297 g/mol. The molecule has 2 N–H and O–H groups in total. The lowest BCUT2D eigenvalue weighted by atomic mass is 9.87. The Bertz CT molecular complexity index is 442. The van der Waals surface area contributed by atoms with Crippen molar-refractivity contribution in [3.63, 3.8) is 0 Å². The summed E-state index contributed by atoms with van der Waals surface area (Å²) in [6.45, 7) is 2.95. The van der Waals surface area contributed by atoms with E-state index in [1.54, 1.807) is 13.2 Å². The molecule has 2 atom stereocenters. The molecule has 1 saturated heterocycles. The van der Waals surface area contributed by atoms with Crippen molar-refractivity contribution in [1.29, 1.82) is 0 Å². The van der Waals surface area contributed by atoms with Gasteiger partial charge in [-0.2, -0.15) is 0 Å². The maximum absolute atomic E-state index is 10.7. The molecular weight excluding hydrogens is 274 g/mol. The van der Waals surface area contributed by atoms with Crippen LogP contribution in [0.2, 0.25) is 5.02 Å². The molecule has 0 saturated carbocycles. The van der Waals surface area contributed by atoms with Gasteiger partial charge < -0.3 is 15.2 Å². The van der Waals surface area contributed by atoms with Crippen LogP contribution in [0.25, 0.3) is 0 Å². The molecule has 1 aromatic rings. The number of ether oxygens (including phenoxy) is 1. The normalized spacial score (nSPS) is 22.3. The molecule has 1 aliphatic heterocycles. The van der Waals surface area contributed by atoms with E-state index in [9.17, 15) is 5.11 Å². The summed E-state index contributed by atoms with van der Waals surface area (Å²) in [5.41, 5.74) is 0.202. The van der Waals surface area contributed by atoms with E-state index in [1.165, 1.54) is 12.8 Å². The summed E-state index contributed by atoms with van der Waals surface area (Å²) >= 11 is 6.04. The minimum atomic E-state index is -0.757. The molecule has 112 valence electrons. The van der Waals surface area contributed by atoms with Crippen molar-refractivity contribution in [2.24, 2.45) is 0 Å². The minimum absolute atomic E-state index is 0.406. The van der Waals surface area contributed by atoms with Crippen LogP contribution >= 0.6 is 11.6 Å². The fourth-order valence-corrected chi connectivity index (χ4v) is 3.19. The molecule has 2 rings (SSSR count). The number of hydrogen-bond donors (Lipinski definition) is 2. The van der Waals surface area contributed by atoms with Crippen LogP contribution in [0.1, 0.15) is 38.2 Å². The van der Waals surface area contributed by atoms with Crippen molar-refractivity contribution in [3.8, 4) is 5.75 Å². The first-order valence-corrected chi connectivity index (χ1v) is 7.66. The number of halogens is 1. The van der Waals surface area contributed by atoms with E-state index in [1.807, 2.05) is 19.1 Å². The Balaban J connectivity index is 2.04. The maximum Gasteiger partial charge on any atom is 0.122 e. The summed E-state index contributed by atoms with van der Waals surface area (Å²) in [6.07, 6.45) is 4.93. The molecule has 1 aliphatic rings. The van der Waals surface area contributed by atoms with E-state index in [0.717, 1.165) is 30.7 Å². The number of rotatable bonds is 5. The molecule has 0 bridgehead atoms. The Kier molecular flexibility index (Phi) is 5.30. The van der Waals surface area contributed by atoms with Crippen molar-refractivity contribution in [1.82, 2.24) is 5.32 Å². The van der Waals surface area contributed by atoms with Gasteiger partial charge in [0, 0.05) is 17.5 Å². The molecule has 1 fully saturated rings. The second-order valence-electron chi connectivity index (χ2n) is 5.98. The molecule has 2 unspecified atom stereocenters. The Morgan fingerprint density at radius 3 is 2.90 bits per heavy atom. The van der Waals surface area contributed by atoms with E-state index in [-0.39, 0.29) is 0 Å². The van der Waals surface area contributed by atoms with Crippen LogP contribution in [0.5, 0.6) is 5.75 Å². The van der Waals surface area contributed by atoms with Gasteiger partial charge in [-0.15, -0.1) is 0 Å². The van der Waals surface area contributed by atoms with Crippen LogP contribution in [0, 0.1) is 0 Å². The Hall–Kier alpha value is -0.770. The Morgan fingerprint density at radius 1 is 1.45 bits per heavy atom. The Labute approximate surface area is 126 Å². The lowest BCUT2D eigenvalue weighted by Gasteiger charge is -2.32.